The van der Waals surface area contributed by atoms with Gasteiger partial charge in [-0.05, 0) is 12.8 Å². The molecule has 1 amide bonds. The number of hydrogen-bond acceptors (Lipinski definition) is 6. The van der Waals surface area contributed by atoms with Crippen molar-refractivity contribution in [3.8, 4) is 11.4 Å². The van der Waals surface area contributed by atoms with Crippen LogP contribution in [-0.4, -0.2) is 50.0 Å². The monoisotopic (exact) mass is 460 g/mol. The molecule has 172 valence electrons. The zero-order valence-corrected chi connectivity index (χ0v) is 17.1. The van der Waals surface area contributed by atoms with Crippen molar-refractivity contribution < 1.29 is 27.9 Å². The van der Waals surface area contributed by atoms with E-state index in [1.807, 2.05) is 4.90 Å². The Morgan fingerprint density at radius 2 is 1.73 bits per heavy atom. The van der Waals surface area contributed by atoms with E-state index in [0.29, 0.717) is 37.4 Å². The third-order valence-corrected chi connectivity index (χ3v) is 5.27. The number of aromatic amines is 1. The molecule has 1 aliphatic rings. The summed E-state index contributed by atoms with van der Waals surface area (Å²) < 4.78 is 40.5. The Kier molecular flexibility index (Phi) is 5.99. The molecule has 3 aromatic rings. The van der Waals surface area contributed by atoms with Crippen molar-refractivity contribution in [2.45, 2.75) is 19.0 Å². The molecule has 3 heterocycles. The fourth-order valence-corrected chi connectivity index (χ4v) is 3.54. The van der Waals surface area contributed by atoms with Crippen LogP contribution in [0, 0.1) is 5.92 Å². The highest BCUT2D eigenvalue weighted by atomic mass is 19.4. The summed E-state index contributed by atoms with van der Waals surface area (Å²) in [5.41, 5.74) is -1.54. The van der Waals surface area contributed by atoms with Gasteiger partial charge in [0, 0.05) is 18.7 Å². The molecule has 2 aromatic heterocycles. The Labute approximate surface area is 185 Å². The molecule has 0 spiro atoms. The number of hydrogen-bond donors (Lipinski definition) is 3. The summed E-state index contributed by atoms with van der Waals surface area (Å²) in [4.78, 5) is 39.8. The first-order valence-corrected chi connectivity index (χ1v) is 10.1. The Hall–Kier alpha value is -3.96. The molecule has 33 heavy (non-hydrogen) atoms. The van der Waals surface area contributed by atoms with Crippen molar-refractivity contribution in [3.05, 3.63) is 54.1 Å². The molecule has 0 bridgehead atoms. The van der Waals surface area contributed by atoms with Crippen LogP contribution in [-0.2, 0) is 11.0 Å². The third-order valence-electron chi connectivity index (χ3n) is 5.27. The molecule has 4 rings (SSSR count). The number of nitrogens with one attached hydrogen (secondary N) is 2. The van der Waals surface area contributed by atoms with Crippen LogP contribution in [0.5, 0.6) is 0 Å². The smallest absolute Gasteiger partial charge is 0.433 e. The number of aromatic nitrogens is 4. The number of H-pyrrole nitrogens is 1. The van der Waals surface area contributed by atoms with Crippen LogP contribution < -0.4 is 10.2 Å². The molecule has 0 radical (unpaired) electrons. The molecule has 1 aromatic carbocycles. The van der Waals surface area contributed by atoms with Crippen LogP contribution in [0.3, 0.4) is 0 Å². The number of carboxylic acid groups (broad SMARTS) is 1. The van der Waals surface area contributed by atoms with E-state index in [-0.39, 0.29) is 11.5 Å². The van der Waals surface area contributed by atoms with Crippen LogP contribution in [0.2, 0.25) is 0 Å². The van der Waals surface area contributed by atoms with Crippen LogP contribution >= 0.6 is 0 Å². The molecular formula is C21H19F3N6O3. The second-order valence-electron chi connectivity index (χ2n) is 7.50. The van der Waals surface area contributed by atoms with E-state index < -0.39 is 35.4 Å². The van der Waals surface area contributed by atoms with Crippen LogP contribution in [0.1, 0.15) is 29.0 Å². The molecule has 0 saturated carbocycles. The minimum atomic E-state index is -4.81. The minimum absolute atomic E-state index is 0.0792. The lowest BCUT2D eigenvalue weighted by Crippen LogP contribution is -2.37. The van der Waals surface area contributed by atoms with Gasteiger partial charge in [-0.3, -0.25) is 9.59 Å². The van der Waals surface area contributed by atoms with Crippen LogP contribution in [0.25, 0.3) is 11.4 Å². The largest absolute Gasteiger partial charge is 0.481 e. The number of carbonyl (C=O) groups is 2. The number of carbonyl (C=O) groups excluding carboxylic acids is 1. The number of carboxylic acids is 1. The molecule has 9 nitrogen and oxygen atoms in total. The zero-order chi connectivity index (χ0) is 23.6. The van der Waals surface area contributed by atoms with E-state index in [1.165, 1.54) is 12.4 Å². The number of nitrogens with zero attached hydrogens (tertiary/aromatic N) is 4. The predicted molar refractivity (Wildman–Crippen MR) is 112 cm³/mol. The minimum Gasteiger partial charge on any atom is -0.481 e. The fraction of sp³-hybridized carbons (Fsp3) is 0.286. The summed E-state index contributed by atoms with van der Waals surface area (Å²) >= 11 is 0. The lowest BCUT2D eigenvalue weighted by molar-refractivity contribution is -0.142. The SMILES string of the molecule is O=C(Nc1cnc(N2CCC(C(=O)O)CC2)nc1)c1nc(-c2ccccc2)[nH]c1C(F)(F)F. The first-order chi connectivity index (χ1) is 15.7. The van der Waals surface area contributed by atoms with Gasteiger partial charge in [-0.15, -0.1) is 0 Å². The quantitative estimate of drug-likeness (QED) is 0.533. The zero-order valence-electron chi connectivity index (χ0n) is 17.1. The van der Waals surface area contributed by atoms with Crippen LogP contribution in [0.4, 0.5) is 24.8 Å². The van der Waals surface area contributed by atoms with Gasteiger partial charge in [0.2, 0.25) is 5.95 Å². The average Bonchev–Trinajstić information content (AvgIpc) is 3.27. The Balaban J connectivity index is 1.49. The number of imidazole rings is 1. The molecular weight excluding hydrogens is 441 g/mol. The molecule has 0 aliphatic carbocycles. The predicted octanol–water partition coefficient (Wildman–Crippen LogP) is 3.44. The van der Waals surface area contributed by atoms with E-state index >= 15 is 0 Å². The molecule has 0 atom stereocenters. The molecule has 12 heteroatoms. The first-order valence-electron chi connectivity index (χ1n) is 10.1. The summed E-state index contributed by atoms with van der Waals surface area (Å²) in [6.45, 7) is 0.931. The topological polar surface area (TPSA) is 124 Å². The number of benzene rings is 1. The van der Waals surface area contributed by atoms with Gasteiger partial charge in [-0.2, -0.15) is 13.2 Å². The van der Waals surface area contributed by atoms with E-state index in [1.54, 1.807) is 30.3 Å². The maximum absolute atomic E-state index is 13.5. The number of piperidine rings is 1. The van der Waals surface area contributed by atoms with Crippen molar-refractivity contribution in [2.24, 2.45) is 5.92 Å². The van der Waals surface area contributed by atoms with Gasteiger partial charge in [-0.25, -0.2) is 15.0 Å². The van der Waals surface area contributed by atoms with Crippen molar-refractivity contribution >= 4 is 23.5 Å². The second-order valence-corrected chi connectivity index (χ2v) is 7.50. The summed E-state index contributed by atoms with van der Waals surface area (Å²) in [5, 5.41) is 11.4. The maximum Gasteiger partial charge on any atom is 0.433 e. The lowest BCUT2D eigenvalue weighted by atomic mass is 9.97. The number of amides is 1. The van der Waals surface area contributed by atoms with Gasteiger partial charge in [-0.1, -0.05) is 30.3 Å². The third kappa shape index (κ3) is 4.94. The Morgan fingerprint density at radius 3 is 2.30 bits per heavy atom. The average molecular weight is 460 g/mol. The van der Waals surface area contributed by atoms with E-state index in [2.05, 4.69) is 25.3 Å². The highest BCUT2D eigenvalue weighted by Gasteiger charge is 2.39. The maximum atomic E-state index is 13.5. The standard InChI is InChI=1S/C21H19F3N6O3/c22-21(23,24)16-15(28-17(29-16)12-4-2-1-3-5-12)18(31)27-14-10-25-20(26-11-14)30-8-6-13(7-9-30)19(32)33/h1-5,10-11,13H,6-9H2,(H,27,31)(H,28,29)(H,32,33). The van der Waals surface area contributed by atoms with Crippen molar-refractivity contribution in [1.29, 1.82) is 0 Å². The Bertz CT molecular complexity index is 1140. The number of alkyl halides is 3. The van der Waals surface area contributed by atoms with Crippen molar-refractivity contribution in [2.75, 3.05) is 23.3 Å². The summed E-state index contributed by atoms with van der Waals surface area (Å²) in [7, 11) is 0. The number of anilines is 2. The fourth-order valence-electron chi connectivity index (χ4n) is 3.54. The van der Waals surface area contributed by atoms with Crippen molar-refractivity contribution in [3.63, 3.8) is 0 Å². The summed E-state index contributed by atoms with van der Waals surface area (Å²) in [6, 6.07) is 8.16. The number of aliphatic carboxylic acids is 1. The van der Waals surface area contributed by atoms with Gasteiger partial charge in [0.05, 0.1) is 24.0 Å². The molecule has 0 unspecified atom stereocenters. The number of rotatable bonds is 5. The first kappa shape index (κ1) is 22.2. The van der Waals surface area contributed by atoms with Crippen molar-refractivity contribution in [1.82, 2.24) is 19.9 Å². The Morgan fingerprint density at radius 1 is 1.09 bits per heavy atom. The summed E-state index contributed by atoms with van der Waals surface area (Å²) in [6.07, 6.45) is -1.33. The molecule has 1 saturated heterocycles. The molecule has 1 aliphatic heterocycles. The van der Waals surface area contributed by atoms with Gasteiger partial charge in [0.15, 0.2) is 11.4 Å². The van der Waals surface area contributed by atoms with E-state index in [9.17, 15) is 22.8 Å². The van der Waals surface area contributed by atoms with Gasteiger partial charge in [0.25, 0.3) is 5.91 Å². The van der Waals surface area contributed by atoms with Crippen LogP contribution in [0.15, 0.2) is 42.7 Å². The van der Waals surface area contributed by atoms with Gasteiger partial charge < -0.3 is 20.3 Å². The summed E-state index contributed by atoms with van der Waals surface area (Å²) in [5.74, 6) is -2.03. The second kappa shape index (κ2) is 8.88. The highest BCUT2D eigenvalue weighted by molar-refractivity contribution is 6.04. The highest BCUT2D eigenvalue weighted by Crippen LogP contribution is 2.33. The van der Waals surface area contributed by atoms with E-state index in [4.69, 9.17) is 5.11 Å². The van der Waals surface area contributed by atoms with Gasteiger partial charge in [0.1, 0.15) is 5.82 Å². The molecule has 1 fully saturated rings. The van der Waals surface area contributed by atoms with Gasteiger partial charge >= 0.3 is 12.1 Å². The molecule has 3 N–H and O–H groups in total. The number of halogens is 3. The lowest BCUT2D eigenvalue weighted by Gasteiger charge is -2.29. The normalized spacial score (nSPS) is 14.8. The van der Waals surface area contributed by atoms with E-state index in [0.717, 1.165) is 0 Å².